The summed E-state index contributed by atoms with van der Waals surface area (Å²) in [5.41, 5.74) is 0. The van der Waals surface area contributed by atoms with Crippen molar-refractivity contribution in [1.29, 1.82) is 0 Å². The molecule has 0 saturated carbocycles. The van der Waals surface area contributed by atoms with Gasteiger partial charge in [-0.05, 0) is 6.42 Å². The summed E-state index contributed by atoms with van der Waals surface area (Å²) in [6.45, 7) is 0.131. The van der Waals surface area contributed by atoms with Gasteiger partial charge in [-0.25, -0.2) is 8.78 Å². The molecule has 14 heavy (non-hydrogen) atoms. The summed E-state index contributed by atoms with van der Waals surface area (Å²) in [5, 5.41) is 0. The number of ether oxygens (including phenoxy) is 2. The number of hydrogen-bond donors (Lipinski definition) is 0. The molecule has 0 aromatic heterocycles. The van der Waals surface area contributed by atoms with Crippen molar-refractivity contribution >= 4 is 5.97 Å². The highest BCUT2D eigenvalue weighted by molar-refractivity contribution is 5.69. The van der Waals surface area contributed by atoms with Gasteiger partial charge in [0.2, 0.25) is 0 Å². The minimum absolute atomic E-state index is 0.0279. The second-order valence-electron chi connectivity index (χ2n) is 3.40. The van der Waals surface area contributed by atoms with E-state index in [0.29, 0.717) is 0 Å². The molecule has 1 rings (SSSR count). The van der Waals surface area contributed by atoms with E-state index in [4.69, 9.17) is 4.74 Å². The number of alkyl halides is 2. The third-order valence-electron chi connectivity index (χ3n) is 2.42. The first-order chi connectivity index (χ1) is 6.56. The maximum atomic E-state index is 13.2. The Balaban J connectivity index is 2.38. The largest absolute Gasteiger partial charge is 0.469 e. The molecule has 0 aromatic rings. The lowest BCUT2D eigenvalue weighted by Gasteiger charge is -2.30. The minimum atomic E-state index is -2.70. The molecule has 3 nitrogen and oxygen atoms in total. The van der Waals surface area contributed by atoms with E-state index in [-0.39, 0.29) is 32.5 Å². The first-order valence-electron chi connectivity index (χ1n) is 4.58. The molecule has 1 saturated heterocycles. The molecule has 0 bridgehead atoms. The fourth-order valence-electron chi connectivity index (χ4n) is 1.45. The van der Waals surface area contributed by atoms with E-state index in [2.05, 4.69) is 4.74 Å². The molecular formula is C9H14F2O3. The van der Waals surface area contributed by atoms with E-state index >= 15 is 0 Å². The van der Waals surface area contributed by atoms with Crippen molar-refractivity contribution in [3.05, 3.63) is 0 Å². The molecule has 1 heterocycles. The second kappa shape index (κ2) is 4.68. The molecule has 1 aliphatic rings. The molecule has 1 atom stereocenters. The van der Waals surface area contributed by atoms with Crippen LogP contribution in [0.5, 0.6) is 0 Å². The van der Waals surface area contributed by atoms with Gasteiger partial charge in [-0.3, -0.25) is 4.79 Å². The van der Waals surface area contributed by atoms with Crippen LogP contribution in [0, 0.1) is 5.92 Å². The lowest BCUT2D eigenvalue weighted by atomic mass is 9.93. The molecule has 0 amide bonds. The van der Waals surface area contributed by atoms with Gasteiger partial charge in [0.1, 0.15) is 0 Å². The van der Waals surface area contributed by atoms with Gasteiger partial charge in [-0.1, -0.05) is 0 Å². The summed E-state index contributed by atoms with van der Waals surface area (Å²) in [7, 11) is 1.25. The fraction of sp³-hybridized carbons (Fsp3) is 0.889. The molecule has 0 radical (unpaired) electrons. The van der Waals surface area contributed by atoms with E-state index < -0.39 is 17.8 Å². The monoisotopic (exact) mass is 208 g/mol. The average Bonchev–Trinajstić information content (AvgIpc) is 2.15. The van der Waals surface area contributed by atoms with Crippen LogP contribution in [0.4, 0.5) is 8.78 Å². The predicted molar refractivity (Wildman–Crippen MR) is 45.1 cm³/mol. The van der Waals surface area contributed by atoms with Crippen LogP contribution in [0.15, 0.2) is 0 Å². The fourth-order valence-corrected chi connectivity index (χ4v) is 1.45. The number of rotatable bonds is 3. The number of halogens is 2. The highest BCUT2D eigenvalue weighted by Crippen LogP contribution is 2.35. The lowest BCUT2D eigenvalue weighted by molar-refractivity contribution is -0.151. The van der Waals surface area contributed by atoms with Crippen LogP contribution in [-0.2, 0) is 14.3 Å². The number of esters is 1. The zero-order valence-electron chi connectivity index (χ0n) is 8.09. The van der Waals surface area contributed by atoms with Gasteiger partial charge in [-0.15, -0.1) is 0 Å². The number of methoxy groups -OCH3 is 1. The molecule has 82 valence electrons. The molecule has 0 spiro atoms. The molecule has 0 N–H and O–H groups in total. The maximum Gasteiger partial charge on any atom is 0.305 e. The van der Waals surface area contributed by atoms with E-state index in [1.165, 1.54) is 7.11 Å². The highest BCUT2D eigenvalue weighted by Gasteiger charge is 2.41. The topological polar surface area (TPSA) is 35.5 Å². The van der Waals surface area contributed by atoms with Gasteiger partial charge in [0, 0.05) is 18.8 Å². The Morgan fingerprint density at radius 3 is 2.93 bits per heavy atom. The molecule has 5 heteroatoms. The van der Waals surface area contributed by atoms with Crippen LogP contribution < -0.4 is 0 Å². The summed E-state index contributed by atoms with van der Waals surface area (Å²) in [6.07, 6.45) is -0.0986. The van der Waals surface area contributed by atoms with E-state index in [1.807, 2.05) is 0 Å². The van der Waals surface area contributed by atoms with Crippen LogP contribution in [0.1, 0.15) is 19.3 Å². The Hall–Kier alpha value is -0.710. The highest BCUT2D eigenvalue weighted by atomic mass is 19.3. The smallest absolute Gasteiger partial charge is 0.305 e. The van der Waals surface area contributed by atoms with Crippen LogP contribution in [-0.4, -0.2) is 32.2 Å². The number of carbonyl (C=O) groups excluding carboxylic acids is 1. The van der Waals surface area contributed by atoms with Crippen molar-refractivity contribution < 1.29 is 23.0 Å². The van der Waals surface area contributed by atoms with Gasteiger partial charge < -0.3 is 9.47 Å². The van der Waals surface area contributed by atoms with Gasteiger partial charge >= 0.3 is 5.97 Å². The summed E-state index contributed by atoms with van der Waals surface area (Å²) < 4.78 is 35.7. The number of carbonyl (C=O) groups is 1. The Morgan fingerprint density at radius 1 is 1.64 bits per heavy atom. The summed E-state index contributed by atoms with van der Waals surface area (Å²) in [4.78, 5) is 10.8. The third kappa shape index (κ3) is 2.90. The van der Waals surface area contributed by atoms with Gasteiger partial charge in [0.15, 0.2) is 0 Å². The van der Waals surface area contributed by atoms with E-state index in [0.717, 1.165) is 0 Å². The molecule has 1 aliphatic heterocycles. The first kappa shape index (κ1) is 11.4. The molecule has 1 unspecified atom stereocenters. The second-order valence-corrected chi connectivity index (χ2v) is 3.40. The first-order valence-corrected chi connectivity index (χ1v) is 4.58. The van der Waals surface area contributed by atoms with Crippen molar-refractivity contribution in [2.45, 2.75) is 25.2 Å². The molecule has 0 aromatic carbocycles. The quantitative estimate of drug-likeness (QED) is 0.661. The van der Waals surface area contributed by atoms with Crippen molar-refractivity contribution in [2.24, 2.45) is 5.92 Å². The summed E-state index contributed by atoms with van der Waals surface area (Å²) in [6, 6.07) is 0. The van der Waals surface area contributed by atoms with Crippen molar-refractivity contribution in [3.8, 4) is 0 Å². The van der Waals surface area contributed by atoms with Crippen molar-refractivity contribution in [3.63, 3.8) is 0 Å². The Morgan fingerprint density at radius 2 is 2.36 bits per heavy atom. The summed E-state index contributed by atoms with van der Waals surface area (Å²) in [5.74, 6) is -4.01. The average molecular weight is 208 g/mol. The Labute approximate surface area is 81.4 Å². The van der Waals surface area contributed by atoms with Gasteiger partial charge in [0.05, 0.1) is 20.3 Å². The van der Waals surface area contributed by atoms with E-state index in [1.54, 1.807) is 0 Å². The van der Waals surface area contributed by atoms with Crippen LogP contribution in [0.3, 0.4) is 0 Å². The van der Waals surface area contributed by atoms with Crippen molar-refractivity contribution in [1.82, 2.24) is 0 Å². The maximum absolute atomic E-state index is 13.2. The predicted octanol–water partition coefficient (Wildman–Crippen LogP) is 1.61. The summed E-state index contributed by atoms with van der Waals surface area (Å²) >= 11 is 0. The number of hydrogen-bond acceptors (Lipinski definition) is 3. The van der Waals surface area contributed by atoms with Crippen LogP contribution in [0.2, 0.25) is 0 Å². The van der Waals surface area contributed by atoms with Crippen molar-refractivity contribution in [2.75, 3.05) is 20.3 Å². The zero-order chi connectivity index (χ0) is 10.6. The SMILES string of the molecule is COC(=O)CCC1COCCC1(F)F. The minimum Gasteiger partial charge on any atom is -0.469 e. The standard InChI is InChI=1S/C9H14F2O3/c1-13-8(12)3-2-7-6-14-5-4-9(7,10)11/h7H,2-6H2,1H3. The van der Waals surface area contributed by atoms with Crippen LogP contribution >= 0.6 is 0 Å². The third-order valence-corrected chi connectivity index (χ3v) is 2.42. The zero-order valence-corrected chi connectivity index (χ0v) is 8.09. The van der Waals surface area contributed by atoms with Gasteiger partial charge in [-0.2, -0.15) is 0 Å². The Kier molecular flexibility index (Phi) is 3.80. The molecule has 0 aliphatic carbocycles. The lowest BCUT2D eigenvalue weighted by Crippen LogP contribution is -2.38. The van der Waals surface area contributed by atoms with Gasteiger partial charge in [0.25, 0.3) is 5.92 Å². The van der Waals surface area contributed by atoms with Crippen LogP contribution in [0.25, 0.3) is 0 Å². The normalized spacial score (nSPS) is 25.8. The Bertz CT molecular complexity index is 206. The van der Waals surface area contributed by atoms with E-state index in [9.17, 15) is 13.6 Å². The molecular weight excluding hydrogens is 194 g/mol. The molecule has 1 fully saturated rings.